The zero-order valence-electron chi connectivity index (χ0n) is 26.3. The molecule has 0 radical (unpaired) electrons. The number of rotatable bonds is 12. The number of nitrogens with zero attached hydrogens (tertiary/aromatic N) is 3. The molecule has 4 amide bonds. The van der Waals surface area contributed by atoms with Crippen molar-refractivity contribution < 1.29 is 32.7 Å². The van der Waals surface area contributed by atoms with Gasteiger partial charge in [0.15, 0.2) is 5.69 Å². The Bertz CT molecular complexity index is 1440. The Hall–Kier alpha value is -4.45. The van der Waals surface area contributed by atoms with Crippen LogP contribution in [0, 0.1) is 11.7 Å². The lowest BCUT2D eigenvalue weighted by Gasteiger charge is -2.29. The molecule has 3 aromatic rings. The van der Waals surface area contributed by atoms with Crippen LogP contribution in [-0.2, 0) is 16.0 Å². The second-order valence-corrected chi connectivity index (χ2v) is 12.1. The molecule has 2 aliphatic heterocycles. The summed E-state index contributed by atoms with van der Waals surface area (Å²) in [5.74, 6) is -0.158. The SMILES string of the molecule is CC(C)C[C@H](NC(=O)N1CCOCC1)c1nc(C(=O)N[C@@H](Cc2ccccc2)C(=O)N2CCC[C@H]2COc2ccc(F)cc2)co1. The fourth-order valence-electron chi connectivity index (χ4n) is 5.76. The molecule has 2 fully saturated rings. The third kappa shape index (κ3) is 8.84. The topological polar surface area (TPSA) is 126 Å². The number of hydrogen-bond acceptors (Lipinski definition) is 7. The number of benzene rings is 2. The monoisotopic (exact) mass is 635 g/mol. The Morgan fingerprint density at radius 2 is 1.76 bits per heavy atom. The van der Waals surface area contributed by atoms with E-state index in [9.17, 15) is 18.8 Å². The zero-order chi connectivity index (χ0) is 32.5. The Morgan fingerprint density at radius 1 is 1.02 bits per heavy atom. The Kier molecular flexibility index (Phi) is 11.2. The average Bonchev–Trinajstić information content (AvgIpc) is 3.75. The number of morpholine rings is 1. The number of carbonyl (C=O) groups excluding carboxylic acids is 3. The number of halogens is 1. The van der Waals surface area contributed by atoms with Crippen LogP contribution < -0.4 is 15.4 Å². The van der Waals surface area contributed by atoms with E-state index in [1.807, 2.05) is 44.2 Å². The second-order valence-electron chi connectivity index (χ2n) is 12.1. The van der Waals surface area contributed by atoms with E-state index in [0.717, 1.165) is 18.4 Å². The number of amides is 4. The largest absolute Gasteiger partial charge is 0.491 e. The molecule has 2 N–H and O–H groups in total. The van der Waals surface area contributed by atoms with Crippen LogP contribution in [0.1, 0.15) is 61.1 Å². The highest BCUT2D eigenvalue weighted by Crippen LogP contribution is 2.24. The summed E-state index contributed by atoms with van der Waals surface area (Å²) in [6, 6.07) is 13.4. The molecule has 46 heavy (non-hydrogen) atoms. The van der Waals surface area contributed by atoms with Gasteiger partial charge in [0, 0.05) is 26.1 Å². The predicted octanol–water partition coefficient (Wildman–Crippen LogP) is 4.35. The van der Waals surface area contributed by atoms with Gasteiger partial charge in [-0.2, -0.15) is 0 Å². The normalized spacial score (nSPS) is 17.9. The quantitative estimate of drug-likeness (QED) is 0.303. The van der Waals surface area contributed by atoms with Crippen molar-refractivity contribution in [2.24, 2.45) is 5.92 Å². The van der Waals surface area contributed by atoms with Gasteiger partial charge in [-0.3, -0.25) is 9.59 Å². The molecule has 2 aromatic carbocycles. The molecule has 2 saturated heterocycles. The highest BCUT2D eigenvalue weighted by molar-refractivity contribution is 5.96. The van der Waals surface area contributed by atoms with E-state index in [1.165, 1.54) is 18.4 Å². The minimum absolute atomic E-state index is 0.0212. The highest BCUT2D eigenvalue weighted by atomic mass is 19.1. The number of urea groups is 1. The number of oxazole rings is 1. The molecule has 0 aliphatic carbocycles. The molecular weight excluding hydrogens is 593 g/mol. The highest BCUT2D eigenvalue weighted by Gasteiger charge is 2.35. The summed E-state index contributed by atoms with van der Waals surface area (Å²) in [5, 5.41) is 5.90. The molecule has 0 unspecified atom stereocenters. The summed E-state index contributed by atoms with van der Waals surface area (Å²) >= 11 is 0. The summed E-state index contributed by atoms with van der Waals surface area (Å²) in [5.41, 5.74) is 0.913. The molecule has 0 spiro atoms. The van der Waals surface area contributed by atoms with Crippen LogP contribution in [0.2, 0.25) is 0 Å². The van der Waals surface area contributed by atoms with Crippen molar-refractivity contribution in [3.05, 3.63) is 83.8 Å². The smallest absolute Gasteiger partial charge is 0.318 e. The van der Waals surface area contributed by atoms with Crippen LogP contribution in [0.25, 0.3) is 0 Å². The standard InChI is InChI=1S/C34H42FN5O6/c1-23(2)19-28(38-34(43)39-15-17-44-18-16-39)32-37-30(22-46-32)31(41)36-29(20-24-7-4-3-5-8-24)33(42)40-14-6-9-26(40)21-45-27-12-10-25(35)11-13-27/h3-5,7-8,10-13,22-23,26,28-29H,6,9,14-21H2,1-2H3,(H,36,41)(H,38,43)/t26-,28-,29-/m0/s1. The summed E-state index contributed by atoms with van der Waals surface area (Å²) < 4.78 is 30.3. The van der Waals surface area contributed by atoms with Crippen molar-refractivity contribution in [2.75, 3.05) is 39.5 Å². The first-order valence-electron chi connectivity index (χ1n) is 15.9. The van der Waals surface area contributed by atoms with E-state index in [0.29, 0.717) is 45.0 Å². The average molecular weight is 636 g/mol. The maximum Gasteiger partial charge on any atom is 0.318 e. The van der Waals surface area contributed by atoms with Crippen LogP contribution in [0.15, 0.2) is 65.3 Å². The van der Waals surface area contributed by atoms with Crippen LogP contribution in [0.3, 0.4) is 0 Å². The first kappa shape index (κ1) is 32.9. The van der Waals surface area contributed by atoms with Crippen LogP contribution in [0.4, 0.5) is 9.18 Å². The Labute approximate surface area is 268 Å². The van der Waals surface area contributed by atoms with Gasteiger partial charge in [0.1, 0.15) is 36.5 Å². The van der Waals surface area contributed by atoms with Crippen LogP contribution in [-0.4, -0.2) is 84.2 Å². The predicted molar refractivity (Wildman–Crippen MR) is 168 cm³/mol. The van der Waals surface area contributed by atoms with E-state index >= 15 is 0 Å². The lowest BCUT2D eigenvalue weighted by molar-refractivity contribution is -0.134. The summed E-state index contributed by atoms with van der Waals surface area (Å²) in [6.07, 6.45) is 3.65. The first-order chi connectivity index (χ1) is 22.3. The van der Waals surface area contributed by atoms with Gasteiger partial charge < -0.3 is 34.3 Å². The van der Waals surface area contributed by atoms with Gasteiger partial charge in [0.25, 0.3) is 5.91 Å². The fourth-order valence-corrected chi connectivity index (χ4v) is 5.76. The fraction of sp³-hybridized carbons (Fsp3) is 0.471. The van der Waals surface area contributed by atoms with Crippen molar-refractivity contribution in [2.45, 2.75) is 57.7 Å². The molecule has 5 rings (SSSR count). The maximum absolute atomic E-state index is 14.0. The van der Waals surface area contributed by atoms with Gasteiger partial charge in [-0.05, 0) is 55.0 Å². The third-order valence-corrected chi connectivity index (χ3v) is 8.16. The van der Waals surface area contributed by atoms with Crippen molar-refractivity contribution in [3.63, 3.8) is 0 Å². The molecule has 11 nitrogen and oxygen atoms in total. The van der Waals surface area contributed by atoms with Crippen LogP contribution >= 0.6 is 0 Å². The zero-order valence-corrected chi connectivity index (χ0v) is 26.3. The number of ether oxygens (including phenoxy) is 2. The first-order valence-corrected chi connectivity index (χ1v) is 15.9. The van der Waals surface area contributed by atoms with Crippen LogP contribution in [0.5, 0.6) is 5.75 Å². The summed E-state index contributed by atoms with van der Waals surface area (Å²) in [7, 11) is 0. The lowest BCUT2D eigenvalue weighted by Crippen LogP contribution is -2.52. The van der Waals surface area contributed by atoms with Gasteiger partial charge >= 0.3 is 6.03 Å². The number of hydrogen-bond donors (Lipinski definition) is 2. The van der Waals surface area contributed by atoms with Crippen molar-refractivity contribution >= 4 is 17.8 Å². The molecule has 246 valence electrons. The van der Waals surface area contributed by atoms with Crippen molar-refractivity contribution in [3.8, 4) is 5.75 Å². The summed E-state index contributed by atoms with van der Waals surface area (Å²) in [6.45, 7) is 6.79. The van der Waals surface area contributed by atoms with Gasteiger partial charge in [-0.15, -0.1) is 0 Å². The molecule has 3 atom stereocenters. The molecule has 0 saturated carbocycles. The third-order valence-electron chi connectivity index (χ3n) is 8.16. The molecule has 1 aromatic heterocycles. The molecule has 2 aliphatic rings. The van der Waals surface area contributed by atoms with Gasteiger partial charge in [0.05, 0.1) is 19.3 Å². The van der Waals surface area contributed by atoms with Gasteiger partial charge in [-0.25, -0.2) is 14.2 Å². The van der Waals surface area contributed by atoms with Gasteiger partial charge in [-0.1, -0.05) is 44.2 Å². The van der Waals surface area contributed by atoms with E-state index in [-0.39, 0.29) is 54.3 Å². The van der Waals surface area contributed by atoms with E-state index < -0.39 is 18.0 Å². The molecule has 0 bridgehead atoms. The van der Waals surface area contributed by atoms with E-state index in [1.54, 1.807) is 21.9 Å². The Morgan fingerprint density at radius 3 is 2.48 bits per heavy atom. The minimum Gasteiger partial charge on any atom is -0.491 e. The van der Waals surface area contributed by atoms with Crippen molar-refractivity contribution in [1.29, 1.82) is 0 Å². The number of nitrogens with one attached hydrogen (secondary N) is 2. The lowest BCUT2D eigenvalue weighted by atomic mass is 10.0. The molecule has 3 heterocycles. The molecule has 12 heteroatoms. The van der Waals surface area contributed by atoms with Gasteiger partial charge in [0.2, 0.25) is 11.8 Å². The second kappa shape index (κ2) is 15.7. The number of carbonyl (C=O) groups is 3. The van der Waals surface area contributed by atoms with E-state index in [2.05, 4.69) is 15.6 Å². The minimum atomic E-state index is -0.867. The van der Waals surface area contributed by atoms with E-state index in [4.69, 9.17) is 13.9 Å². The van der Waals surface area contributed by atoms with Crippen molar-refractivity contribution in [1.82, 2.24) is 25.4 Å². The molecular formula is C34H42FN5O6. The Balaban J connectivity index is 1.28. The number of aromatic nitrogens is 1. The maximum atomic E-state index is 14.0. The summed E-state index contributed by atoms with van der Waals surface area (Å²) in [4.78, 5) is 48.4. The number of likely N-dealkylation sites (tertiary alicyclic amines) is 1.